The van der Waals surface area contributed by atoms with E-state index < -0.39 is 43.6 Å². The van der Waals surface area contributed by atoms with Gasteiger partial charge in [-0.1, -0.05) is 0 Å². The minimum Gasteiger partial charge on any atom is -0.387 e. The van der Waals surface area contributed by atoms with Gasteiger partial charge in [0.1, 0.15) is 18.0 Å². The van der Waals surface area contributed by atoms with Gasteiger partial charge in [-0.2, -0.15) is 4.98 Å². The molecule has 0 aliphatic carbocycles. The van der Waals surface area contributed by atoms with Gasteiger partial charge in [-0.15, -0.1) is 0 Å². The number of ether oxygens (including phenoxy) is 1. The molecule has 1 fully saturated rings. The molecule has 0 spiro atoms. The largest absolute Gasteiger partial charge is 0.387 e. The minimum absolute atomic E-state index is 0.0675. The second-order valence-corrected chi connectivity index (χ2v) is 6.71. The lowest BCUT2D eigenvalue weighted by atomic mass is 9.99. The first kappa shape index (κ1) is 16.1. The fourth-order valence-corrected chi connectivity index (χ4v) is 2.96. The molecule has 11 heteroatoms. The van der Waals surface area contributed by atoms with Crippen LogP contribution in [-0.4, -0.2) is 48.5 Å². The van der Waals surface area contributed by atoms with Crippen molar-refractivity contribution in [3.8, 4) is 0 Å². The fraction of sp³-hybridized carbons (Fsp3) is 0.600. The molecule has 4 atom stereocenters. The van der Waals surface area contributed by atoms with Crippen LogP contribution in [0.5, 0.6) is 0 Å². The Morgan fingerprint density at radius 2 is 2.24 bits per heavy atom. The Labute approximate surface area is 118 Å². The Bertz CT molecular complexity index is 644. The maximum Gasteiger partial charge on any atom is 0.351 e. The van der Waals surface area contributed by atoms with E-state index in [1.165, 1.54) is 6.07 Å². The second-order valence-electron chi connectivity index (χ2n) is 5.01. The molecule has 1 aliphatic heterocycles. The first-order valence-corrected chi connectivity index (χ1v) is 7.74. The van der Waals surface area contributed by atoms with E-state index in [0.717, 1.165) is 17.7 Å². The van der Waals surface area contributed by atoms with Crippen LogP contribution in [0.3, 0.4) is 0 Å². The van der Waals surface area contributed by atoms with Crippen LogP contribution in [0.2, 0.25) is 0 Å². The Hall–Kier alpha value is -1.32. The zero-order chi connectivity index (χ0) is 16.0. The summed E-state index contributed by atoms with van der Waals surface area (Å²) in [5.74, 6) is -0.0675. The van der Waals surface area contributed by atoms with E-state index in [1.54, 1.807) is 0 Å². The number of halogens is 1. The predicted octanol–water partition coefficient (Wildman–Crippen LogP) is -1.01. The summed E-state index contributed by atoms with van der Waals surface area (Å²) >= 11 is 0. The normalized spacial score (nSPS) is 33.3. The van der Waals surface area contributed by atoms with Gasteiger partial charge in [0.05, 0.1) is 6.16 Å². The molecule has 5 N–H and O–H groups in total. The van der Waals surface area contributed by atoms with Crippen molar-refractivity contribution in [3.05, 3.63) is 22.7 Å². The summed E-state index contributed by atoms with van der Waals surface area (Å²) in [5, 5.41) is 9.85. The van der Waals surface area contributed by atoms with Gasteiger partial charge in [0, 0.05) is 6.20 Å². The van der Waals surface area contributed by atoms with Gasteiger partial charge in [0.2, 0.25) is 0 Å². The summed E-state index contributed by atoms with van der Waals surface area (Å²) in [7, 11) is -4.52. The van der Waals surface area contributed by atoms with Crippen molar-refractivity contribution in [3.63, 3.8) is 0 Å². The van der Waals surface area contributed by atoms with Gasteiger partial charge in [-0.3, -0.25) is 9.13 Å². The minimum atomic E-state index is -4.52. The van der Waals surface area contributed by atoms with Gasteiger partial charge in [0.25, 0.3) is 0 Å². The zero-order valence-electron chi connectivity index (χ0n) is 11.0. The molecule has 9 nitrogen and oxygen atoms in total. The van der Waals surface area contributed by atoms with E-state index >= 15 is 0 Å². The van der Waals surface area contributed by atoms with E-state index in [1.807, 2.05) is 0 Å². The monoisotopic (exact) mass is 323 g/mol. The number of aliphatic hydroxyl groups excluding tert-OH is 1. The molecule has 1 aliphatic rings. The molecule has 0 saturated carbocycles. The van der Waals surface area contributed by atoms with E-state index in [4.69, 9.17) is 20.3 Å². The van der Waals surface area contributed by atoms with Crippen molar-refractivity contribution >= 4 is 13.4 Å². The molecule has 0 amide bonds. The van der Waals surface area contributed by atoms with Gasteiger partial charge < -0.3 is 25.4 Å². The topological polar surface area (TPSA) is 148 Å². The first-order chi connectivity index (χ1) is 9.52. The lowest BCUT2D eigenvalue weighted by Crippen LogP contribution is -2.42. The van der Waals surface area contributed by atoms with Crippen LogP contribution in [0.1, 0.15) is 13.2 Å². The molecule has 0 radical (unpaired) electrons. The van der Waals surface area contributed by atoms with Crippen LogP contribution in [0.4, 0.5) is 10.2 Å². The highest BCUT2D eigenvalue weighted by atomic mass is 31.2. The quantitative estimate of drug-likeness (QED) is 0.517. The average molecular weight is 323 g/mol. The molecule has 0 aromatic carbocycles. The van der Waals surface area contributed by atoms with Crippen molar-refractivity contribution in [2.75, 3.05) is 11.9 Å². The molecule has 1 aromatic rings. The Morgan fingerprint density at radius 1 is 1.62 bits per heavy atom. The van der Waals surface area contributed by atoms with Crippen molar-refractivity contribution in [1.29, 1.82) is 0 Å². The number of alkyl halides is 1. The third-order valence-corrected chi connectivity index (χ3v) is 4.07. The van der Waals surface area contributed by atoms with Crippen LogP contribution in [-0.2, 0) is 9.30 Å². The van der Waals surface area contributed by atoms with Gasteiger partial charge >= 0.3 is 13.3 Å². The number of nitrogens with zero attached hydrogens (tertiary/aromatic N) is 2. The third kappa shape index (κ3) is 3.14. The SMILES string of the molecule is C[C@@]1(F)C(O)[C@@H](CP(=O)(O)O)O[C@H]1n1ccc(N)nc1=O. The number of aromatic nitrogens is 2. The van der Waals surface area contributed by atoms with Crippen LogP contribution in [0.15, 0.2) is 17.1 Å². The standard InChI is InChI=1S/C10H15FN3O6P/c1-10(11)7(15)5(4-21(17,18)19)20-8(10)14-3-2-6(12)13-9(14)16/h2-3,5,7-8,15H,4H2,1H3,(H2,12,13,16)(H2,17,18,19)/t5-,7?,8-,10-/m1/s1. The number of hydrogen-bond donors (Lipinski definition) is 4. The Balaban J connectivity index is 2.36. The van der Waals surface area contributed by atoms with Crippen molar-refractivity contribution in [2.45, 2.75) is 31.0 Å². The highest BCUT2D eigenvalue weighted by molar-refractivity contribution is 7.51. The predicted molar refractivity (Wildman–Crippen MR) is 69.3 cm³/mol. The number of nitrogens with two attached hydrogens (primary N) is 1. The van der Waals surface area contributed by atoms with Crippen LogP contribution in [0, 0.1) is 0 Å². The van der Waals surface area contributed by atoms with Crippen molar-refractivity contribution < 1.29 is 28.6 Å². The summed E-state index contributed by atoms with van der Waals surface area (Å²) in [6.07, 6.45) is -4.54. The van der Waals surface area contributed by atoms with Crippen LogP contribution < -0.4 is 11.4 Å². The number of aliphatic hydroxyl groups is 1. The van der Waals surface area contributed by atoms with Gasteiger partial charge in [0.15, 0.2) is 11.9 Å². The zero-order valence-corrected chi connectivity index (χ0v) is 11.9. The number of rotatable bonds is 3. The van der Waals surface area contributed by atoms with Crippen LogP contribution >= 0.6 is 7.60 Å². The lowest BCUT2D eigenvalue weighted by molar-refractivity contribution is -0.0474. The molecule has 2 heterocycles. The molecule has 1 aromatic heterocycles. The van der Waals surface area contributed by atoms with E-state index in [9.17, 15) is 18.9 Å². The first-order valence-electron chi connectivity index (χ1n) is 5.94. The fourth-order valence-electron chi connectivity index (χ4n) is 2.20. The maximum absolute atomic E-state index is 14.6. The van der Waals surface area contributed by atoms with E-state index in [2.05, 4.69) is 4.98 Å². The number of hydrogen-bond acceptors (Lipinski definition) is 6. The lowest BCUT2D eigenvalue weighted by Gasteiger charge is -2.24. The third-order valence-electron chi connectivity index (χ3n) is 3.24. The van der Waals surface area contributed by atoms with Gasteiger partial charge in [-0.25, -0.2) is 9.18 Å². The summed E-state index contributed by atoms with van der Waals surface area (Å²) in [6, 6.07) is 1.24. The molecule has 21 heavy (non-hydrogen) atoms. The number of nitrogen functional groups attached to an aromatic ring is 1. The molecule has 1 saturated heterocycles. The molecular weight excluding hydrogens is 308 g/mol. The van der Waals surface area contributed by atoms with Crippen molar-refractivity contribution in [1.82, 2.24) is 9.55 Å². The summed E-state index contributed by atoms with van der Waals surface area (Å²) in [6.45, 7) is 0.977. The molecule has 1 unspecified atom stereocenters. The molecular formula is C10H15FN3O6P. The average Bonchev–Trinajstić information content (AvgIpc) is 2.51. The smallest absolute Gasteiger partial charge is 0.351 e. The highest BCUT2D eigenvalue weighted by Gasteiger charge is 2.56. The summed E-state index contributed by atoms with van der Waals surface area (Å²) < 4.78 is 31.5. The summed E-state index contributed by atoms with van der Waals surface area (Å²) in [5.41, 5.74) is 2.00. The molecule has 118 valence electrons. The molecule has 0 bridgehead atoms. The maximum atomic E-state index is 14.6. The van der Waals surface area contributed by atoms with Crippen molar-refractivity contribution in [2.24, 2.45) is 0 Å². The van der Waals surface area contributed by atoms with E-state index in [-0.39, 0.29) is 5.82 Å². The second kappa shape index (κ2) is 5.15. The summed E-state index contributed by atoms with van der Waals surface area (Å²) in [4.78, 5) is 32.9. The molecule has 2 rings (SSSR count). The van der Waals surface area contributed by atoms with Gasteiger partial charge in [-0.05, 0) is 13.0 Å². The van der Waals surface area contributed by atoms with E-state index in [0.29, 0.717) is 0 Å². The Kier molecular flexibility index (Phi) is 3.94. The number of anilines is 1. The highest BCUT2D eigenvalue weighted by Crippen LogP contribution is 2.46. The Morgan fingerprint density at radius 3 is 2.76 bits per heavy atom. The van der Waals surface area contributed by atoms with Crippen LogP contribution in [0.25, 0.3) is 0 Å².